The van der Waals surface area contributed by atoms with Crippen molar-refractivity contribution in [2.75, 3.05) is 20.9 Å². The quantitative estimate of drug-likeness (QED) is 0.140. The molecule has 0 radical (unpaired) electrons. The number of carbonyl (C=O) groups is 2. The van der Waals surface area contributed by atoms with Gasteiger partial charge in [0, 0.05) is 32.4 Å². The van der Waals surface area contributed by atoms with Gasteiger partial charge in [-0.05, 0) is 20.5 Å². The van der Waals surface area contributed by atoms with E-state index in [1.165, 1.54) is 25.4 Å². The van der Waals surface area contributed by atoms with Crippen LogP contribution in [0.5, 0.6) is 0 Å². The van der Waals surface area contributed by atoms with Crippen LogP contribution in [0, 0.1) is 33.3 Å². The van der Waals surface area contributed by atoms with Crippen LogP contribution in [0.1, 0.15) is 13.8 Å². The molecule has 0 aromatic rings. The van der Waals surface area contributed by atoms with Crippen molar-refractivity contribution in [3.8, 4) is 0 Å². The van der Waals surface area contributed by atoms with E-state index in [9.17, 15) is 9.59 Å². The molecule has 0 aromatic heterocycles. The van der Waals surface area contributed by atoms with Gasteiger partial charge in [-0.25, -0.2) is 9.59 Å². The zero-order chi connectivity index (χ0) is 23.6. The maximum absolute atomic E-state index is 11.9. The van der Waals surface area contributed by atoms with E-state index in [1.807, 2.05) is 13.8 Å². The Balaban J connectivity index is -0.000000153. The predicted octanol–water partition coefficient (Wildman–Crippen LogP) is 1.65. The number of methoxy groups -OCH3 is 2. The molecule has 0 saturated heterocycles. The first-order chi connectivity index (χ1) is 13.5. The van der Waals surface area contributed by atoms with E-state index in [1.54, 1.807) is 0 Å². The Morgan fingerprint density at radius 1 is 0.724 bits per heavy atom. The zero-order valence-corrected chi connectivity index (χ0v) is 19.1. The average Bonchev–Trinajstić information content (AvgIpc) is 3.21. The summed E-state index contributed by atoms with van der Waals surface area (Å²) in [6.07, 6.45) is 0. The van der Waals surface area contributed by atoms with Crippen LogP contribution in [0.15, 0.2) is 22.3 Å². The number of hydrogen-bond donors (Lipinski definition) is 0. The SMILES string of the molecule is COC(=O)C1=C(C(=O)OC)C2C(C)=C(C)C1P2C.[C-]#[O+].[C-]#[O+].[C-]#[O+].[C-]#[O+].[C-]#[O+].[Mo]. The van der Waals surface area contributed by atoms with Gasteiger partial charge in [0.25, 0.3) is 0 Å². The van der Waals surface area contributed by atoms with Crippen LogP contribution in [0.2, 0.25) is 0 Å². The topological polar surface area (TPSA) is 152 Å². The predicted molar refractivity (Wildman–Crippen MR) is 89.5 cm³/mol. The van der Waals surface area contributed by atoms with Crippen molar-refractivity contribution in [1.82, 2.24) is 0 Å². The molecule has 2 bridgehead atoms. The van der Waals surface area contributed by atoms with Crippen LogP contribution in [-0.4, -0.2) is 44.1 Å². The summed E-state index contributed by atoms with van der Waals surface area (Å²) in [5.74, 6) is -0.798. The van der Waals surface area contributed by atoms with Gasteiger partial charge in [0.2, 0.25) is 0 Å². The largest absolute Gasteiger partial charge is 0 e. The number of esters is 2. The number of carbonyl (C=O) groups excluding carboxylic acids is 2. The normalized spacial score (nSPS) is 18.9. The van der Waals surface area contributed by atoms with Crippen LogP contribution >= 0.6 is 7.92 Å². The summed E-state index contributed by atoms with van der Waals surface area (Å²) >= 11 is 0. The summed E-state index contributed by atoms with van der Waals surface area (Å²) in [5, 5.41) is 0. The molecule has 2 heterocycles. The molecule has 2 aliphatic rings. The first-order valence-corrected chi connectivity index (χ1v) is 8.70. The molecule has 29 heavy (non-hydrogen) atoms. The molecule has 0 saturated carbocycles. The van der Waals surface area contributed by atoms with E-state index in [-0.39, 0.29) is 32.4 Å². The van der Waals surface area contributed by atoms with Gasteiger partial charge in [-0.1, -0.05) is 19.1 Å². The van der Waals surface area contributed by atoms with Gasteiger partial charge in [-0.2, -0.15) is 0 Å². The molecule has 0 aliphatic carbocycles. The van der Waals surface area contributed by atoms with Crippen LogP contribution < -0.4 is 0 Å². The van der Waals surface area contributed by atoms with Gasteiger partial charge in [0.1, 0.15) is 0 Å². The summed E-state index contributed by atoms with van der Waals surface area (Å²) in [6, 6.07) is 0. The molecule has 0 N–H and O–H groups in total. The van der Waals surface area contributed by atoms with Gasteiger partial charge in [0.05, 0.1) is 25.4 Å². The third kappa shape index (κ3) is 8.64. The van der Waals surface area contributed by atoms with Crippen molar-refractivity contribution < 1.29 is 63.4 Å². The molecule has 2 aliphatic heterocycles. The Bertz CT molecular complexity index is 622. The van der Waals surface area contributed by atoms with E-state index >= 15 is 0 Å². The fraction of sp³-hybridized carbons (Fsp3) is 0.389. The van der Waals surface area contributed by atoms with Crippen molar-refractivity contribution in [3.63, 3.8) is 0 Å². The van der Waals surface area contributed by atoms with Crippen molar-refractivity contribution in [3.05, 3.63) is 55.5 Å². The fourth-order valence-electron chi connectivity index (χ4n) is 2.99. The standard InChI is InChI=1S/C13H17O4P.5CO.Mo/c1-6-7(2)11-9(13(15)17-4)8(12(14)16-3)10(6)18(11)5;5*1-2;/h10-11H,1-5H3;;;;;;. The summed E-state index contributed by atoms with van der Waals surface area (Å²) in [7, 11) is 2.23. The van der Waals surface area contributed by atoms with Gasteiger partial charge in [-0.3, -0.25) is 0 Å². The molecule has 0 amide bonds. The average molecular weight is 504 g/mol. The van der Waals surface area contributed by atoms with Crippen LogP contribution in [0.25, 0.3) is 0 Å². The molecule has 0 fully saturated rings. The molecule has 0 spiro atoms. The Kier molecular flexibility index (Phi) is 29.5. The van der Waals surface area contributed by atoms with Gasteiger partial charge < -0.3 is 9.47 Å². The molecule has 2 rings (SSSR count). The second-order valence-corrected chi connectivity index (χ2v) is 7.01. The van der Waals surface area contributed by atoms with E-state index in [2.05, 4.69) is 39.9 Å². The number of rotatable bonds is 2. The Labute approximate surface area is 184 Å². The summed E-state index contributed by atoms with van der Waals surface area (Å²) in [4.78, 5) is 23.9. The minimum Gasteiger partial charge on any atom is 0 e. The van der Waals surface area contributed by atoms with Gasteiger partial charge in [-0.15, -0.1) is 0 Å². The number of allylic oxidation sites excluding steroid dienone is 2. The van der Waals surface area contributed by atoms with Crippen LogP contribution in [0.3, 0.4) is 0 Å². The Morgan fingerprint density at radius 3 is 1.10 bits per heavy atom. The number of ether oxygens (including phenoxy) is 2. The molecule has 11 heteroatoms. The molecule has 9 nitrogen and oxygen atoms in total. The molecule has 0 aromatic carbocycles. The number of hydrogen-bond acceptors (Lipinski definition) is 4. The second-order valence-electron chi connectivity index (χ2n) is 4.65. The van der Waals surface area contributed by atoms with Crippen molar-refractivity contribution in [1.29, 1.82) is 0 Å². The number of fused-ring (bicyclic) bond motifs is 2. The summed E-state index contributed by atoms with van der Waals surface area (Å²) in [5.41, 5.74) is 3.58. The molecule has 154 valence electrons. The van der Waals surface area contributed by atoms with Gasteiger partial charge in [0.15, 0.2) is 0 Å². The zero-order valence-electron chi connectivity index (χ0n) is 16.2. The molecular weight excluding hydrogens is 487 g/mol. The second kappa shape index (κ2) is 22.5. The minimum absolute atomic E-state index is 0. The monoisotopic (exact) mass is 506 g/mol. The van der Waals surface area contributed by atoms with Crippen molar-refractivity contribution in [2.24, 2.45) is 0 Å². The van der Waals surface area contributed by atoms with E-state index < -0.39 is 19.9 Å². The van der Waals surface area contributed by atoms with E-state index in [0.717, 1.165) is 0 Å². The third-order valence-corrected chi connectivity index (χ3v) is 6.82. The first-order valence-electron chi connectivity index (χ1n) is 6.77. The molecule has 2 atom stereocenters. The maximum Gasteiger partial charge on any atom is 0 e. The van der Waals surface area contributed by atoms with Crippen LogP contribution in [-0.2, 0) is 63.4 Å². The van der Waals surface area contributed by atoms with Crippen LogP contribution in [0.4, 0.5) is 0 Å². The van der Waals surface area contributed by atoms with Gasteiger partial charge >= 0.3 is 68.5 Å². The van der Waals surface area contributed by atoms with E-state index in [4.69, 9.17) is 32.7 Å². The molecule has 2 unspecified atom stereocenters. The minimum atomic E-state index is -0.460. The first kappa shape index (κ1) is 37.9. The van der Waals surface area contributed by atoms with Crippen molar-refractivity contribution >= 4 is 19.9 Å². The summed E-state index contributed by atoms with van der Waals surface area (Å²) in [6.45, 7) is 28.7. The van der Waals surface area contributed by atoms with E-state index in [0.29, 0.717) is 11.1 Å². The molecular formula is C18H17MoO9P. The van der Waals surface area contributed by atoms with Crippen molar-refractivity contribution in [2.45, 2.75) is 25.2 Å². The third-order valence-electron chi connectivity index (χ3n) is 3.90. The fourth-order valence-corrected chi connectivity index (χ4v) is 6.22. The smallest absolute Gasteiger partial charge is 0 e. The Morgan fingerprint density at radius 2 is 0.931 bits per heavy atom. The summed E-state index contributed by atoms with van der Waals surface area (Å²) < 4.78 is 47.2. The Hall–Kier alpha value is -1.76. The maximum atomic E-state index is 11.9.